The van der Waals surface area contributed by atoms with Gasteiger partial charge in [0, 0.05) is 19.3 Å². The Labute approximate surface area is 114 Å². The van der Waals surface area contributed by atoms with E-state index in [-0.39, 0.29) is 6.23 Å². The molecule has 4 nitrogen and oxygen atoms in total. The molecule has 0 rings (SSSR count). The Hall–Kier alpha value is 0.0569. The Kier molecular flexibility index (Phi) is 11.0. The molecule has 0 aromatic carbocycles. The normalized spacial score (nSPS) is 13.8. The van der Waals surface area contributed by atoms with E-state index in [9.17, 15) is 0 Å². The number of hydrogen-bond donors (Lipinski definition) is 1. The zero-order valence-electron chi connectivity index (χ0n) is 12.8. The minimum Gasteiger partial charge on any atom is -0.374 e. The molecular formula is C13H31NO3Si. The van der Waals surface area contributed by atoms with Crippen LogP contribution in [0.2, 0.25) is 6.04 Å². The maximum absolute atomic E-state index is 6.09. The van der Waals surface area contributed by atoms with Crippen molar-refractivity contribution in [3.8, 4) is 0 Å². The molecule has 0 aliphatic carbocycles. The lowest BCUT2D eigenvalue weighted by Crippen LogP contribution is -2.50. The fraction of sp³-hybridized carbons (Fsp3) is 1.00. The van der Waals surface area contributed by atoms with E-state index in [2.05, 4.69) is 19.2 Å². The molecule has 0 amide bonds. The van der Waals surface area contributed by atoms with Gasteiger partial charge < -0.3 is 13.3 Å². The van der Waals surface area contributed by atoms with Crippen molar-refractivity contribution in [1.29, 1.82) is 0 Å². The molecule has 1 unspecified atom stereocenters. The van der Waals surface area contributed by atoms with E-state index in [0.717, 1.165) is 19.0 Å². The first-order valence-electron chi connectivity index (χ1n) is 7.33. The Balaban J connectivity index is 4.34. The van der Waals surface area contributed by atoms with Gasteiger partial charge in [0.05, 0.1) is 6.23 Å². The van der Waals surface area contributed by atoms with Crippen LogP contribution in [0.15, 0.2) is 0 Å². The van der Waals surface area contributed by atoms with Crippen molar-refractivity contribution in [3.05, 3.63) is 0 Å². The maximum atomic E-state index is 6.09. The predicted octanol–water partition coefficient (Wildman–Crippen LogP) is 3.16. The second-order valence-electron chi connectivity index (χ2n) is 4.37. The van der Waals surface area contributed by atoms with Crippen LogP contribution in [0.5, 0.6) is 0 Å². The molecule has 0 aromatic heterocycles. The zero-order chi connectivity index (χ0) is 13.9. The Morgan fingerprint density at radius 1 is 1.00 bits per heavy atom. The minimum absolute atomic E-state index is 0.00660. The molecule has 0 fully saturated rings. The fourth-order valence-corrected chi connectivity index (χ4v) is 4.59. The van der Waals surface area contributed by atoms with Gasteiger partial charge in [0.25, 0.3) is 0 Å². The van der Waals surface area contributed by atoms with E-state index in [4.69, 9.17) is 13.3 Å². The molecule has 0 radical (unpaired) electrons. The highest BCUT2D eigenvalue weighted by Gasteiger charge is 2.41. The number of rotatable bonds is 12. The van der Waals surface area contributed by atoms with Crippen molar-refractivity contribution in [2.75, 3.05) is 19.8 Å². The summed E-state index contributed by atoms with van der Waals surface area (Å²) in [7, 11) is -2.48. The van der Waals surface area contributed by atoms with Crippen LogP contribution in [0.25, 0.3) is 0 Å². The van der Waals surface area contributed by atoms with Crippen LogP contribution in [-0.2, 0) is 13.3 Å². The summed E-state index contributed by atoms with van der Waals surface area (Å²) in [6.07, 6.45) is 3.37. The molecule has 0 saturated heterocycles. The van der Waals surface area contributed by atoms with E-state index >= 15 is 0 Å². The Bertz CT molecular complexity index is 176. The molecule has 1 N–H and O–H groups in total. The molecule has 1 atom stereocenters. The van der Waals surface area contributed by atoms with Crippen LogP contribution in [0.1, 0.15) is 53.9 Å². The standard InChI is InChI=1S/C13H31NO3Si/c1-6-10-11-14-13(5)17-18(12-7-2,15-8-3)16-9-4/h13-14H,6-12H2,1-5H3. The summed E-state index contributed by atoms with van der Waals surface area (Å²) < 4.78 is 17.8. The summed E-state index contributed by atoms with van der Waals surface area (Å²) in [6, 6.07) is 0.883. The van der Waals surface area contributed by atoms with Crippen LogP contribution >= 0.6 is 0 Å². The van der Waals surface area contributed by atoms with Crippen LogP contribution in [0.4, 0.5) is 0 Å². The average molecular weight is 277 g/mol. The highest BCUT2D eigenvalue weighted by atomic mass is 28.4. The van der Waals surface area contributed by atoms with Gasteiger partial charge in [-0.3, -0.25) is 5.32 Å². The summed E-state index contributed by atoms with van der Waals surface area (Å²) in [5.74, 6) is 0. The monoisotopic (exact) mass is 277 g/mol. The number of nitrogens with one attached hydrogen (secondary N) is 1. The highest BCUT2D eigenvalue weighted by Crippen LogP contribution is 2.19. The Morgan fingerprint density at radius 3 is 2.06 bits per heavy atom. The first kappa shape index (κ1) is 18.1. The molecule has 0 bridgehead atoms. The van der Waals surface area contributed by atoms with Crippen LogP contribution in [-0.4, -0.2) is 34.8 Å². The van der Waals surface area contributed by atoms with E-state index in [1.807, 2.05) is 20.8 Å². The van der Waals surface area contributed by atoms with Crippen LogP contribution < -0.4 is 5.32 Å². The molecule has 0 aromatic rings. The van der Waals surface area contributed by atoms with Gasteiger partial charge in [-0.1, -0.05) is 26.7 Å². The second-order valence-corrected chi connectivity index (χ2v) is 7.05. The lowest BCUT2D eigenvalue weighted by molar-refractivity contribution is 0.0265. The van der Waals surface area contributed by atoms with E-state index < -0.39 is 8.80 Å². The third-order valence-electron chi connectivity index (χ3n) is 2.60. The van der Waals surface area contributed by atoms with Gasteiger partial charge in [0.1, 0.15) is 0 Å². The van der Waals surface area contributed by atoms with Gasteiger partial charge in [-0.15, -0.1) is 0 Å². The summed E-state index contributed by atoms with van der Waals surface area (Å²) in [4.78, 5) is 0. The largest absolute Gasteiger partial charge is 0.502 e. The van der Waals surface area contributed by atoms with Crippen molar-refractivity contribution in [2.45, 2.75) is 66.2 Å². The summed E-state index contributed by atoms with van der Waals surface area (Å²) in [5.41, 5.74) is 0. The molecule has 5 heteroatoms. The first-order valence-corrected chi connectivity index (χ1v) is 9.26. The van der Waals surface area contributed by atoms with Crippen molar-refractivity contribution in [1.82, 2.24) is 5.32 Å². The third kappa shape index (κ3) is 7.48. The lowest BCUT2D eigenvalue weighted by atomic mass is 10.3. The highest BCUT2D eigenvalue weighted by molar-refractivity contribution is 6.60. The lowest BCUT2D eigenvalue weighted by Gasteiger charge is -2.31. The molecular weight excluding hydrogens is 246 g/mol. The summed E-state index contributed by atoms with van der Waals surface area (Å²) >= 11 is 0. The minimum atomic E-state index is -2.48. The molecule has 0 spiro atoms. The SMILES string of the molecule is CCCCNC(C)O[Si](CCC)(OCC)OCC. The van der Waals surface area contributed by atoms with Gasteiger partial charge in [0.2, 0.25) is 0 Å². The second kappa shape index (κ2) is 10.9. The van der Waals surface area contributed by atoms with Gasteiger partial charge >= 0.3 is 8.80 Å². The maximum Gasteiger partial charge on any atom is 0.502 e. The van der Waals surface area contributed by atoms with Gasteiger partial charge in [-0.2, -0.15) is 0 Å². The zero-order valence-corrected chi connectivity index (χ0v) is 13.8. The topological polar surface area (TPSA) is 39.7 Å². The van der Waals surface area contributed by atoms with Crippen molar-refractivity contribution >= 4 is 8.80 Å². The fourth-order valence-electron chi connectivity index (χ4n) is 1.85. The molecule has 0 aliphatic heterocycles. The Morgan fingerprint density at radius 2 is 1.61 bits per heavy atom. The summed E-state index contributed by atoms with van der Waals surface area (Å²) in [5, 5.41) is 3.37. The average Bonchev–Trinajstić information content (AvgIpc) is 2.30. The predicted molar refractivity (Wildman–Crippen MR) is 77.6 cm³/mol. The smallest absolute Gasteiger partial charge is 0.374 e. The van der Waals surface area contributed by atoms with E-state index in [0.29, 0.717) is 13.2 Å². The first-order chi connectivity index (χ1) is 8.64. The molecule has 18 heavy (non-hydrogen) atoms. The van der Waals surface area contributed by atoms with Crippen molar-refractivity contribution < 1.29 is 13.3 Å². The number of hydrogen-bond acceptors (Lipinski definition) is 4. The third-order valence-corrected chi connectivity index (χ3v) is 5.89. The van der Waals surface area contributed by atoms with E-state index in [1.54, 1.807) is 0 Å². The quantitative estimate of drug-likeness (QED) is 0.338. The number of unbranched alkanes of at least 4 members (excludes halogenated alkanes) is 1. The molecule has 110 valence electrons. The van der Waals surface area contributed by atoms with Crippen LogP contribution in [0, 0.1) is 0 Å². The van der Waals surface area contributed by atoms with Crippen molar-refractivity contribution in [2.24, 2.45) is 0 Å². The van der Waals surface area contributed by atoms with Crippen LogP contribution in [0.3, 0.4) is 0 Å². The molecule has 0 heterocycles. The van der Waals surface area contributed by atoms with Gasteiger partial charge in [-0.25, -0.2) is 0 Å². The van der Waals surface area contributed by atoms with Gasteiger partial charge in [-0.05, 0) is 33.7 Å². The molecule has 0 saturated carbocycles. The van der Waals surface area contributed by atoms with Crippen molar-refractivity contribution in [3.63, 3.8) is 0 Å². The van der Waals surface area contributed by atoms with E-state index in [1.165, 1.54) is 12.8 Å². The summed E-state index contributed by atoms with van der Waals surface area (Å²) in [6.45, 7) is 12.6. The molecule has 0 aliphatic rings. The van der Waals surface area contributed by atoms with Gasteiger partial charge in [0.15, 0.2) is 0 Å².